The van der Waals surface area contributed by atoms with E-state index < -0.39 is 23.8 Å². The van der Waals surface area contributed by atoms with Crippen LogP contribution in [0.2, 0.25) is 5.02 Å². The van der Waals surface area contributed by atoms with E-state index in [4.69, 9.17) is 25.8 Å². The van der Waals surface area contributed by atoms with Crippen LogP contribution in [0.1, 0.15) is 30.9 Å². The third kappa shape index (κ3) is 2.32. The number of Topliss-reactive ketones (excluding diaryl/α,β-unsaturated/α-hetero) is 1. The fourth-order valence-electron chi connectivity index (χ4n) is 3.95. The Balaban J connectivity index is 1.76. The average Bonchev–Trinajstić information content (AvgIpc) is 3.02. The normalized spacial score (nSPS) is 28.8. The first kappa shape index (κ1) is 15.9. The lowest BCUT2D eigenvalue weighted by Crippen LogP contribution is -2.52. The van der Waals surface area contributed by atoms with Gasteiger partial charge in [-0.15, -0.1) is 0 Å². The Bertz CT molecular complexity index is 700. The molecule has 0 N–H and O–H groups in total. The van der Waals surface area contributed by atoms with E-state index in [1.807, 2.05) is 0 Å². The first-order valence-corrected chi connectivity index (χ1v) is 8.46. The molecule has 2 atom stereocenters. The molecule has 2 fully saturated rings. The van der Waals surface area contributed by atoms with Crippen molar-refractivity contribution < 1.29 is 23.8 Å². The zero-order valence-corrected chi connectivity index (χ0v) is 14.0. The third-order valence-corrected chi connectivity index (χ3v) is 5.30. The van der Waals surface area contributed by atoms with Gasteiger partial charge in [-0.25, -0.2) is 4.79 Å². The smallest absolute Gasteiger partial charge is 0.410 e. The number of benzene rings is 1. The maximum Gasteiger partial charge on any atom is 0.415 e. The van der Waals surface area contributed by atoms with Gasteiger partial charge < -0.3 is 19.1 Å². The molecule has 2 unspecified atom stereocenters. The Morgan fingerprint density at radius 2 is 2.00 bits per heavy atom. The van der Waals surface area contributed by atoms with Gasteiger partial charge in [0.2, 0.25) is 5.79 Å². The second-order valence-electron chi connectivity index (χ2n) is 6.42. The van der Waals surface area contributed by atoms with Crippen LogP contribution in [-0.2, 0) is 14.3 Å². The number of fused-ring (bicyclic) bond motifs is 1. The minimum atomic E-state index is -1.15. The Morgan fingerprint density at radius 3 is 2.75 bits per heavy atom. The first-order valence-electron chi connectivity index (χ1n) is 8.08. The van der Waals surface area contributed by atoms with Crippen LogP contribution in [0.25, 0.3) is 0 Å². The van der Waals surface area contributed by atoms with E-state index in [-0.39, 0.29) is 5.78 Å². The number of nitrogens with zero attached hydrogens (tertiary/aromatic N) is 1. The van der Waals surface area contributed by atoms with Gasteiger partial charge in [-0.2, -0.15) is 0 Å². The summed E-state index contributed by atoms with van der Waals surface area (Å²) < 4.78 is 16.6. The first-order chi connectivity index (χ1) is 11.5. The second kappa shape index (κ2) is 5.72. The second-order valence-corrected chi connectivity index (χ2v) is 6.86. The number of carbonyl (C=O) groups is 2. The fourth-order valence-corrected chi connectivity index (χ4v) is 4.13. The molecule has 1 amide bonds. The molecule has 6 nitrogen and oxygen atoms in total. The summed E-state index contributed by atoms with van der Waals surface area (Å²) in [5.74, 6) is -1.20. The Labute approximate surface area is 144 Å². The SMILES string of the molecule is CN1C(=O)Oc2ccc(Cl)cc2C1C1CCCC2(OCCO2)C1=O. The summed E-state index contributed by atoms with van der Waals surface area (Å²) >= 11 is 6.13. The maximum atomic E-state index is 13.1. The van der Waals surface area contributed by atoms with Crippen molar-refractivity contribution in [3.63, 3.8) is 0 Å². The van der Waals surface area contributed by atoms with E-state index in [2.05, 4.69) is 0 Å². The Hall–Kier alpha value is -1.63. The molecule has 4 rings (SSSR count). The highest BCUT2D eigenvalue weighted by Crippen LogP contribution is 2.47. The molecule has 1 aliphatic carbocycles. The molecule has 0 radical (unpaired) electrons. The molecular formula is C17H18ClNO5. The summed E-state index contributed by atoms with van der Waals surface area (Å²) in [6.45, 7) is 0.840. The van der Waals surface area contributed by atoms with Crippen LogP contribution in [0.15, 0.2) is 18.2 Å². The summed E-state index contributed by atoms with van der Waals surface area (Å²) in [7, 11) is 1.64. The number of hydrogen-bond acceptors (Lipinski definition) is 5. The molecule has 2 aliphatic heterocycles. The van der Waals surface area contributed by atoms with E-state index >= 15 is 0 Å². The molecule has 128 valence electrons. The van der Waals surface area contributed by atoms with Crippen molar-refractivity contribution in [1.82, 2.24) is 4.90 Å². The minimum absolute atomic E-state index is 0.0938. The standard InChI is InChI=1S/C17H18ClNO5/c1-19-14(12-9-10(18)4-5-13(12)24-16(19)21)11-3-2-6-17(15(11)20)22-7-8-23-17/h4-5,9,11,14H,2-3,6-8H2,1H3. The topological polar surface area (TPSA) is 65.1 Å². The van der Waals surface area contributed by atoms with Crippen LogP contribution < -0.4 is 4.74 Å². The largest absolute Gasteiger partial charge is 0.415 e. The van der Waals surface area contributed by atoms with Gasteiger partial charge in [-0.05, 0) is 31.0 Å². The molecule has 0 aromatic heterocycles. The van der Waals surface area contributed by atoms with Gasteiger partial charge in [0.1, 0.15) is 5.75 Å². The highest BCUT2D eigenvalue weighted by atomic mass is 35.5. The molecular weight excluding hydrogens is 334 g/mol. The number of rotatable bonds is 1. The number of halogens is 1. The van der Waals surface area contributed by atoms with Crippen LogP contribution >= 0.6 is 11.6 Å². The van der Waals surface area contributed by atoms with Crippen molar-refractivity contribution in [1.29, 1.82) is 0 Å². The fraction of sp³-hybridized carbons (Fsp3) is 0.529. The van der Waals surface area contributed by atoms with Crippen molar-refractivity contribution in [3.05, 3.63) is 28.8 Å². The van der Waals surface area contributed by atoms with Crippen molar-refractivity contribution in [3.8, 4) is 5.75 Å². The minimum Gasteiger partial charge on any atom is -0.410 e. The lowest BCUT2D eigenvalue weighted by molar-refractivity contribution is -0.195. The van der Waals surface area contributed by atoms with Crippen LogP contribution in [0.3, 0.4) is 0 Å². The van der Waals surface area contributed by atoms with Gasteiger partial charge in [0.15, 0.2) is 5.78 Å². The maximum absolute atomic E-state index is 13.1. The molecule has 1 spiro atoms. The molecule has 7 heteroatoms. The lowest BCUT2D eigenvalue weighted by atomic mass is 9.76. The number of hydrogen-bond donors (Lipinski definition) is 0. The third-order valence-electron chi connectivity index (χ3n) is 5.06. The van der Waals surface area contributed by atoms with Gasteiger partial charge >= 0.3 is 6.09 Å². The summed E-state index contributed by atoms with van der Waals surface area (Å²) in [6, 6.07) is 4.66. The number of amides is 1. The summed E-state index contributed by atoms with van der Waals surface area (Å²) in [6.07, 6.45) is 1.55. The van der Waals surface area contributed by atoms with E-state index in [1.54, 1.807) is 25.2 Å². The highest BCUT2D eigenvalue weighted by Gasteiger charge is 2.53. The molecule has 2 heterocycles. The molecule has 1 aromatic rings. The van der Waals surface area contributed by atoms with Crippen LogP contribution in [0.5, 0.6) is 5.75 Å². The van der Waals surface area contributed by atoms with Crippen LogP contribution in [0, 0.1) is 5.92 Å². The molecule has 1 saturated carbocycles. The van der Waals surface area contributed by atoms with E-state index in [1.165, 1.54) is 4.90 Å². The van der Waals surface area contributed by atoms with Crippen LogP contribution in [-0.4, -0.2) is 42.8 Å². The zero-order chi connectivity index (χ0) is 16.9. The molecule has 1 aromatic carbocycles. The van der Waals surface area contributed by atoms with Crippen LogP contribution in [0.4, 0.5) is 4.79 Å². The molecule has 24 heavy (non-hydrogen) atoms. The number of carbonyl (C=O) groups excluding carboxylic acids is 2. The summed E-state index contributed by atoms with van der Waals surface area (Å²) in [5, 5.41) is 0.538. The zero-order valence-electron chi connectivity index (χ0n) is 13.3. The Morgan fingerprint density at radius 1 is 1.25 bits per heavy atom. The van der Waals surface area contributed by atoms with Gasteiger partial charge in [-0.1, -0.05) is 11.6 Å². The predicted molar refractivity (Wildman–Crippen MR) is 85.0 cm³/mol. The number of ketones is 1. The highest BCUT2D eigenvalue weighted by molar-refractivity contribution is 6.30. The lowest BCUT2D eigenvalue weighted by Gasteiger charge is -2.42. The molecule has 3 aliphatic rings. The summed E-state index contributed by atoms with van der Waals surface area (Å²) in [5.41, 5.74) is 0.748. The molecule has 1 saturated heterocycles. The van der Waals surface area contributed by atoms with E-state index in [0.29, 0.717) is 36.8 Å². The predicted octanol–water partition coefficient (Wildman–Crippen LogP) is 2.94. The van der Waals surface area contributed by atoms with Crippen molar-refractivity contribution in [2.24, 2.45) is 5.92 Å². The molecule has 0 bridgehead atoms. The van der Waals surface area contributed by atoms with Gasteiger partial charge in [0.05, 0.1) is 19.3 Å². The number of ether oxygens (including phenoxy) is 3. The van der Waals surface area contributed by atoms with E-state index in [9.17, 15) is 9.59 Å². The monoisotopic (exact) mass is 351 g/mol. The van der Waals surface area contributed by atoms with Crippen molar-refractivity contribution >= 4 is 23.5 Å². The summed E-state index contributed by atoms with van der Waals surface area (Å²) in [4.78, 5) is 26.8. The van der Waals surface area contributed by atoms with Crippen molar-refractivity contribution in [2.45, 2.75) is 31.1 Å². The van der Waals surface area contributed by atoms with Gasteiger partial charge in [-0.3, -0.25) is 4.79 Å². The van der Waals surface area contributed by atoms with Crippen molar-refractivity contribution in [2.75, 3.05) is 20.3 Å². The quantitative estimate of drug-likeness (QED) is 0.778. The Kier molecular flexibility index (Phi) is 3.78. The average molecular weight is 352 g/mol. The van der Waals surface area contributed by atoms with E-state index in [0.717, 1.165) is 12.0 Å². The van der Waals surface area contributed by atoms with Gasteiger partial charge in [0.25, 0.3) is 0 Å². The van der Waals surface area contributed by atoms with Gasteiger partial charge in [0, 0.05) is 30.0 Å².